The van der Waals surface area contributed by atoms with Gasteiger partial charge in [0.1, 0.15) is 0 Å². The zero-order valence-electron chi connectivity index (χ0n) is 31.2. The Morgan fingerprint density at radius 3 is 1.44 bits per heavy atom. The Morgan fingerprint density at radius 2 is 0.870 bits per heavy atom. The van der Waals surface area contributed by atoms with Crippen molar-refractivity contribution in [3.8, 4) is 0 Å². The summed E-state index contributed by atoms with van der Waals surface area (Å²) in [5.74, 6) is 0.700. The van der Waals surface area contributed by atoms with Gasteiger partial charge in [-0.1, -0.05) is 130 Å². The van der Waals surface area contributed by atoms with Crippen LogP contribution < -0.4 is 9.80 Å². The highest BCUT2D eigenvalue weighted by Gasteiger charge is 2.25. The highest BCUT2D eigenvalue weighted by Crippen LogP contribution is 2.43. The molecule has 7 aromatic carbocycles. The van der Waals surface area contributed by atoms with Crippen LogP contribution in [0, 0.1) is 0 Å². The number of para-hydroxylation sites is 2. The Balaban J connectivity index is 1.01. The van der Waals surface area contributed by atoms with Crippen LogP contribution in [-0.2, 0) is 5.41 Å². The number of hydrogen-bond donors (Lipinski definition) is 0. The molecule has 2 nitrogen and oxygen atoms in total. The van der Waals surface area contributed by atoms with Gasteiger partial charge in [0.05, 0.1) is 0 Å². The molecule has 0 N–H and O–H groups in total. The van der Waals surface area contributed by atoms with Gasteiger partial charge in [0.15, 0.2) is 0 Å². The lowest BCUT2D eigenvalue weighted by molar-refractivity contribution is 0.443. The van der Waals surface area contributed by atoms with Crippen LogP contribution in [0.1, 0.15) is 68.6 Å². The van der Waals surface area contributed by atoms with E-state index in [1.54, 1.807) is 0 Å². The van der Waals surface area contributed by atoms with E-state index in [1.807, 2.05) is 11.3 Å². The molecular weight excluding hydrogens is 673 g/mol. The monoisotopic (exact) mass is 718 g/mol. The highest BCUT2D eigenvalue weighted by molar-refractivity contribution is 7.25. The second-order valence-electron chi connectivity index (χ2n) is 15.3. The maximum absolute atomic E-state index is 2.38. The van der Waals surface area contributed by atoms with Crippen LogP contribution in [-0.4, -0.2) is 0 Å². The molecule has 0 spiro atoms. The van der Waals surface area contributed by atoms with E-state index in [0.29, 0.717) is 5.92 Å². The number of hydrogen-bond acceptors (Lipinski definition) is 3. The average Bonchev–Trinajstić information content (AvgIpc) is 3.61. The summed E-state index contributed by atoms with van der Waals surface area (Å²) in [4.78, 5) is 4.75. The Bertz CT molecular complexity index is 2480. The molecule has 266 valence electrons. The number of fused-ring (bicyclic) bond motifs is 3. The van der Waals surface area contributed by atoms with Gasteiger partial charge in [-0.15, -0.1) is 11.3 Å². The van der Waals surface area contributed by atoms with Crippen molar-refractivity contribution >= 4 is 65.6 Å². The fourth-order valence-electron chi connectivity index (χ4n) is 8.45. The molecule has 0 radical (unpaired) electrons. The van der Waals surface area contributed by atoms with Gasteiger partial charge in [-0.2, -0.15) is 0 Å². The van der Waals surface area contributed by atoms with E-state index in [0.717, 1.165) is 22.7 Å². The van der Waals surface area contributed by atoms with E-state index in [2.05, 4.69) is 200 Å². The topological polar surface area (TPSA) is 6.48 Å². The Kier molecular flexibility index (Phi) is 9.26. The third-order valence-electron chi connectivity index (χ3n) is 11.6. The van der Waals surface area contributed by atoms with Gasteiger partial charge in [0.2, 0.25) is 0 Å². The van der Waals surface area contributed by atoms with Crippen molar-refractivity contribution in [1.29, 1.82) is 0 Å². The minimum absolute atomic E-state index is 0.191. The second kappa shape index (κ2) is 14.6. The molecule has 0 atom stereocenters. The van der Waals surface area contributed by atoms with Crippen LogP contribution in [0.4, 0.5) is 34.1 Å². The average molecular weight is 719 g/mol. The molecular formula is C51H46N2S. The van der Waals surface area contributed by atoms with E-state index in [-0.39, 0.29) is 5.41 Å². The van der Waals surface area contributed by atoms with Crippen LogP contribution in [0.25, 0.3) is 20.2 Å². The molecule has 1 fully saturated rings. The third kappa shape index (κ3) is 6.58. The Labute approximate surface area is 324 Å². The molecule has 1 aromatic heterocycles. The van der Waals surface area contributed by atoms with E-state index in [1.165, 1.54) is 80.3 Å². The van der Waals surface area contributed by atoms with Crippen molar-refractivity contribution < 1.29 is 0 Å². The lowest BCUT2D eigenvalue weighted by Gasteiger charge is -2.30. The van der Waals surface area contributed by atoms with E-state index in [4.69, 9.17) is 0 Å². The summed E-state index contributed by atoms with van der Waals surface area (Å²) in [6.45, 7) is 4.67. The molecule has 0 amide bonds. The molecule has 1 aliphatic carbocycles. The van der Waals surface area contributed by atoms with Gasteiger partial charge < -0.3 is 9.80 Å². The van der Waals surface area contributed by atoms with Crippen LogP contribution >= 0.6 is 11.3 Å². The first-order valence-electron chi connectivity index (χ1n) is 19.5. The number of anilines is 6. The molecule has 8 aromatic rings. The molecule has 3 heteroatoms. The lowest BCUT2D eigenvalue weighted by Crippen LogP contribution is -2.19. The van der Waals surface area contributed by atoms with Crippen LogP contribution in [0.2, 0.25) is 0 Å². The first-order valence-corrected chi connectivity index (χ1v) is 20.3. The summed E-state index contributed by atoms with van der Waals surface area (Å²) in [6, 6.07) is 64.8. The maximum atomic E-state index is 2.38. The van der Waals surface area contributed by atoms with Crippen molar-refractivity contribution in [1.82, 2.24) is 0 Å². The predicted octanol–water partition coefficient (Wildman–Crippen LogP) is 15.4. The summed E-state index contributed by atoms with van der Waals surface area (Å²) in [6.07, 6.45) is 6.72. The number of benzene rings is 7. The standard InChI is InChI=1S/C51H46N2S/c1-51(2,39-24-30-44(31-25-39)52(41-16-8-4-9-17-41)43-28-22-38(23-29-43)37-14-6-3-7-15-37)40-26-32-45(33-27-40)53(42-18-10-5-11-19-42)46-34-35-48-47-20-12-13-21-49(47)54-50(48)36-46/h4-5,8-13,16-37H,3,6-7,14-15H2,1-2H3. The Morgan fingerprint density at radius 1 is 0.426 bits per heavy atom. The first kappa shape index (κ1) is 34.1. The smallest absolute Gasteiger partial charge is 0.0476 e. The fraction of sp³-hybridized carbons (Fsp3) is 0.176. The molecule has 9 rings (SSSR count). The van der Waals surface area contributed by atoms with Crippen molar-refractivity contribution in [2.75, 3.05) is 9.80 Å². The van der Waals surface area contributed by atoms with Crippen LogP contribution in [0.5, 0.6) is 0 Å². The molecule has 1 aliphatic rings. The van der Waals surface area contributed by atoms with E-state index < -0.39 is 0 Å². The van der Waals surface area contributed by atoms with E-state index >= 15 is 0 Å². The zero-order valence-corrected chi connectivity index (χ0v) is 32.0. The predicted molar refractivity (Wildman–Crippen MR) is 233 cm³/mol. The molecule has 0 bridgehead atoms. The highest BCUT2D eigenvalue weighted by atomic mass is 32.1. The second-order valence-corrected chi connectivity index (χ2v) is 16.3. The Hall–Kier alpha value is -5.64. The van der Waals surface area contributed by atoms with Gasteiger partial charge in [-0.05, 0) is 114 Å². The molecule has 0 saturated heterocycles. The van der Waals surface area contributed by atoms with Gasteiger partial charge in [-0.3, -0.25) is 0 Å². The number of nitrogens with zero attached hydrogens (tertiary/aromatic N) is 2. The third-order valence-corrected chi connectivity index (χ3v) is 12.7. The van der Waals surface area contributed by atoms with Crippen molar-refractivity contribution in [2.24, 2.45) is 0 Å². The van der Waals surface area contributed by atoms with Gasteiger partial charge in [0.25, 0.3) is 0 Å². The van der Waals surface area contributed by atoms with E-state index in [9.17, 15) is 0 Å². The number of rotatable bonds is 9. The summed E-state index contributed by atoms with van der Waals surface area (Å²) in [7, 11) is 0. The number of thiophene rings is 1. The first-order chi connectivity index (χ1) is 26.5. The molecule has 0 aliphatic heterocycles. The maximum Gasteiger partial charge on any atom is 0.0476 e. The summed E-state index contributed by atoms with van der Waals surface area (Å²) >= 11 is 1.86. The van der Waals surface area contributed by atoms with Crippen LogP contribution in [0.3, 0.4) is 0 Å². The lowest BCUT2D eigenvalue weighted by atomic mass is 9.78. The molecule has 1 saturated carbocycles. The zero-order chi connectivity index (χ0) is 36.5. The van der Waals surface area contributed by atoms with Gasteiger partial charge >= 0.3 is 0 Å². The summed E-state index contributed by atoms with van der Waals surface area (Å²) in [5, 5.41) is 2.64. The fourth-order valence-corrected chi connectivity index (χ4v) is 9.59. The minimum Gasteiger partial charge on any atom is -0.311 e. The van der Waals surface area contributed by atoms with Crippen molar-refractivity contribution in [2.45, 2.75) is 57.3 Å². The van der Waals surface area contributed by atoms with Gasteiger partial charge in [0, 0.05) is 59.7 Å². The SMILES string of the molecule is CC(C)(c1ccc(N(c2ccccc2)c2ccc(C3CCCCC3)cc2)cc1)c1ccc(N(c2ccccc2)c2ccc3c(c2)sc2ccccc23)cc1. The summed E-state index contributed by atoms with van der Waals surface area (Å²) in [5.41, 5.74) is 10.8. The summed E-state index contributed by atoms with van der Waals surface area (Å²) < 4.78 is 2.63. The molecule has 54 heavy (non-hydrogen) atoms. The molecule has 1 heterocycles. The van der Waals surface area contributed by atoms with Crippen LogP contribution in [0.15, 0.2) is 176 Å². The largest absolute Gasteiger partial charge is 0.311 e. The van der Waals surface area contributed by atoms with Crippen molar-refractivity contribution in [3.63, 3.8) is 0 Å². The van der Waals surface area contributed by atoms with Gasteiger partial charge in [-0.25, -0.2) is 0 Å². The normalized spacial score (nSPS) is 13.7. The quantitative estimate of drug-likeness (QED) is 0.147. The van der Waals surface area contributed by atoms with Crippen molar-refractivity contribution in [3.05, 3.63) is 193 Å². The molecule has 0 unspecified atom stereocenters. The minimum atomic E-state index is -0.191.